The molecular weight excluding hydrogens is 382 g/mol. The Kier molecular flexibility index (Phi) is 5.99. The smallest absolute Gasteiger partial charge is 0.256 e. The molecule has 4 aromatic rings. The Morgan fingerprint density at radius 1 is 0.903 bits per heavy atom. The molecule has 0 unspecified atom stereocenters. The van der Waals surface area contributed by atoms with Gasteiger partial charge in [0.25, 0.3) is 5.91 Å². The summed E-state index contributed by atoms with van der Waals surface area (Å²) in [5.41, 5.74) is 6.32. The molecule has 3 aromatic carbocycles. The van der Waals surface area contributed by atoms with Gasteiger partial charge in [0.05, 0.1) is 16.8 Å². The molecule has 1 amide bonds. The molecule has 1 heterocycles. The lowest BCUT2D eigenvalue weighted by molar-refractivity contribution is 0.102. The Morgan fingerprint density at radius 3 is 2.35 bits per heavy atom. The molecular formula is C27H27N3O. The number of amides is 1. The van der Waals surface area contributed by atoms with E-state index in [4.69, 9.17) is 4.98 Å². The second kappa shape index (κ2) is 9.00. The topological polar surface area (TPSA) is 45.2 Å². The van der Waals surface area contributed by atoms with Crippen molar-refractivity contribution < 1.29 is 4.79 Å². The van der Waals surface area contributed by atoms with Crippen LogP contribution in [0.5, 0.6) is 0 Å². The van der Waals surface area contributed by atoms with Gasteiger partial charge in [-0.05, 0) is 63.2 Å². The lowest BCUT2D eigenvalue weighted by Crippen LogP contribution is -2.21. The Balaban J connectivity index is 1.69. The third-order valence-electron chi connectivity index (χ3n) is 5.53. The number of para-hydroxylation sites is 1. The van der Waals surface area contributed by atoms with Crippen LogP contribution < -0.4 is 10.2 Å². The van der Waals surface area contributed by atoms with Crippen LogP contribution in [0.3, 0.4) is 0 Å². The van der Waals surface area contributed by atoms with Crippen molar-refractivity contribution in [3.8, 4) is 11.3 Å². The second-order valence-electron chi connectivity index (χ2n) is 7.61. The number of aromatic nitrogens is 1. The number of aryl methyl sites for hydroxylation is 1. The van der Waals surface area contributed by atoms with Crippen LogP contribution in [0.25, 0.3) is 22.2 Å². The maximum absolute atomic E-state index is 13.3. The fraction of sp³-hybridized carbons (Fsp3) is 0.185. The van der Waals surface area contributed by atoms with Crippen molar-refractivity contribution >= 4 is 28.2 Å². The zero-order valence-corrected chi connectivity index (χ0v) is 18.2. The van der Waals surface area contributed by atoms with Crippen LogP contribution >= 0.6 is 0 Å². The van der Waals surface area contributed by atoms with Crippen LogP contribution in [-0.4, -0.2) is 24.0 Å². The van der Waals surface area contributed by atoms with E-state index < -0.39 is 0 Å². The van der Waals surface area contributed by atoms with Crippen molar-refractivity contribution in [3.05, 3.63) is 90.0 Å². The number of nitrogens with zero attached hydrogens (tertiary/aromatic N) is 2. The van der Waals surface area contributed by atoms with E-state index in [2.05, 4.69) is 43.1 Å². The van der Waals surface area contributed by atoms with Gasteiger partial charge in [-0.3, -0.25) is 4.79 Å². The summed E-state index contributed by atoms with van der Waals surface area (Å²) in [5, 5.41) is 3.90. The minimum Gasteiger partial charge on any atom is -0.372 e. The van der Waals surface area contributed by atoms with Crippen molar-refractivity contribution in [1.82, 2.24) is 4.98 Å². The molecule has 4 heteroatoms. The quantitative estimate of drug-likeness (QED) is 0.406. The van der Waals surface area contributed by atoms with E-state index in [-0.39, 0.29) is 5.91 Å². The zero-order chi connectivity index (χ0) is 21.8. The highest BCUT2D eigenvalue weighted by atomic mass is 16.1. The number of nitrogens with one attached hydrogen (secondary N) is 1. The Morgan fingerprint density at radius 2 is 1.65 bits per heavy atom. The third kappa shape index (κ3) is 4.43. The molecule has 31 heavy (non-hydrogen) atoms. The highest BCUT2D eigenvalue weighted by molar-refractivity contribution is 6.13. The molecule has 0 spiro atoms. The van der Waals surface area contributed by atoms with E-state index in [1.807, 2.05) is 66.7 Å². The molecule has 1 N–H and O–H groups in total. The van der Waals surface area contributed by atoms with Gasteiger partial charge in [-0.1, -0.05) is 42.0 Å². The molecule has 4 rings (SSSR count). The molecule has 1 aromatic heterocycles. The first-order valence-electron chi connectivity index (χ1n) is 10.7. The maximum Gasteiger partial charge on any atom is 0.256 e. The summed E-state index contributed by atoms with van der Waals surface area (Å²) in [6.07, 6.45) is 0. The fourth-order valence-electron chi connectivity index (χ4n) is 3.86. The van der Waals surface area contributed by atoms with Crippen LogP contribution in [0.15, 0.2) is 78.9 Å². The van der Waals surface area contributed by atoms with E-state index in [9.17, 15) is 4.79 Å². The van der Waals surface area contributed by atoms with Gasteiger partial charge in [-0.2, -0.15) is 0 Å². The van der Waals surface area contributed by atoms with E-state index in [1.165, 1.54) is 0 Å². The first kappa shape index (κ1) is 20.6. The molecule has 0 saturated carbocycles. The van der Waals surface area contributed by atoms with E-state index in [0.29, 0.717) is 5.56 Å². The number of rotatable bonds is 6. The van der Waals surface area contributed by atoms with E-state index in [1.54, 1.807) is 0 Å². The number of hydrogen-bond acceptors (Lipinski definition) is 3. The highest BCUT2D eigenvalue weighted by Crippen LogP contribution is 2.26. The van der Waals surface area contributed by atoms with Gasteiger partial charge in [-0.15, -0.1) is 0 Å². The Bertz CT molecular complexity index is 1210. The summed E-state index contributed by atoms with van der Waals surface area (Å²) >= 11 is 0. The number of anilines is 2. The van der Waals surface area contributed by atoms with Crippen LogP contribution in [0.2, 0.25) is 0 Å². The number of carbonyl (C=O) groups is 1. The van der Waals surface area contributed by atoms with Gasteiger partial charge >= 0.3 is 0 Å². The monoisotopic (exact) mass is 409 g/mol. The standard InChI is InChI=1S/C27H27N3O/c1-4-30(5-2)22-15-13-21(14-16-22)28-27(31)24-18-26(20-10-8-9-19(3)17-20)29-25-12-7-6-11-23(24)25/h6-18H,4-5H2,1-3H3,(H,28,31). The van der Waals surface area contributed by atoms with Crippen molar-refractivity contribution in [2.24, 2.45) is 0 Å². The summed E-state index contributed by atoms with van der Waals surface area (Å²) < 4.78 is 0. The van der Waals surface area contributed by atoms with Crippen molar-refractivity contribution in [2.75, 3.05) is 23.3 Å². The van der Waals surface area contributed by atoms with Crippen molar-refractivity contribution in [1.29, 1.82) is 0 Å². The predicted octanol–water partition coefficient (Wildman–Crippen LogP) is 6.31. The summed E-state index contributed by atoms with van der Waals surface area (Å²) in [6.45, 7) is 8.24. The molecule has 0 atom stereocenters. The van der Waals surface area contributed by atoms with Crippen molar-refractivity contribution in [2.45, 2.75) is 20.8 Å². The van der Waals surface area contributed by atoms with Crippen LogP contribution in [0.4, 0.5) is 11.4 Å². The molecule has 0 bridgehead atoms. The van der Waals surface area contributed by atoms with Crippen LogP contribution in [0, 0.1) is 6.92 Å². The number of fused-ring (bicyclic) bond motifs is 1. The SMILES string of the molecule is CCN(CC)c1ccc(NC(=O)c2cc(-c3cccc(C)c3)nc3ccccc23)cc1. The Hall–Kier alpha value is -3.66. The first-order valence-corrected chi connectivity index (χ1v) is 10.7. The third-order valence-corrected chi connectivity index (χ3v) is 5.53. The first-order chi connectivity index (χ1) is 15.1. The second-order valence-corrected chi connectivity index (χ2v) is 7.61. The molecule has 0 aliphatic carbocycles. The lowest BCUT2D eigenvalue weighted by Gasteiger charge is -2.21. The molecule has 0 aliphatic heterocycles. The van der Waals surface area contributed by atoms with Gasteiger partial charge in [0.15, 0.2) is 0 Å². The van der Waals surface area contributed by atoms with E-state index in [0.717, 1.165) is 52.2 Å². The summed E-state index contributed by atoms with van der Waals surface area (Å²) in [7, 11) is 0. The van der Waals surface area contributed by atoms with Crippen LogP contribution in [0.1, 0.15) is 29.8 Å². The van der Waals surface area contributed by atoms with E-state index >= 15 is 0 Å². The highest BCUT2D eigenvalue weighted by Gasteiger charge is 2.14. The number of hydrogen-bond donors (Lipinski definition) is 1. The van der Waals surface area contributed by atoms with Gasteiger partial charge in [0.2, 0.25) is 0 Å². The zero-order valence-electron chi connectivity index (χ0n) is 18.2. The predicted molar refractivity (Wildman–Crippen MR) is 130 cm³/mol. The molecule has 0 aliphatic rings. The number of pyridine rings is 1. The van der Waals surface area contributed by atoms with Gasteiger partial charge in [0, 0.05) is 35.4 Å². The maximum atomic E-state index is 13.3. The Labute approximate surface area is 183 Å². The van der Waals surface area contributed by atoms with Gasteiger partial charge < -0.3 is 10.2 Å². The number of carbonyl (C=O) groups excluding carboxylic acids is 1. The summed E-state index contributed by atoms with van der Waals surface area (Å²) in [6, 6.07) is 25.8. The largest absolute Gasteiger partial charge is 0.372 e. The molecule has 4 nitrogen and oxygen atoms in total. The lowest BCUT2D eigenvalue weighted by atomic mass is 10.0. The fourth-order valence-corrected chi connectivity index (χ4v) is 3.86. The molecule has 0 saturated heterocycles. The van der Waals surface area contributed by atoms with Gasteiger partial charge in [0.1, 0.15) is 0 Å². The molecule has 0 fully saturated rings. The average molecular weight is 410 g/mol. The van der Waals surface area contributed by atoms with Crippen molar-refractivity contribution in [3.63, 3.8) is 0 Å². The molecule has 156 valence electrons. The average Bonchev–Trinajstić information content (AvgIpc) is 2.80. The summed E-state index contributed by atoms with van der Waals surface area (Å²) in [5.74, 6) is -0.136. The van der Waals surface area contributed by atoms with Crippen LogP contribution in [-0.2, 0) is 0 Å². The minimum atomic E-state index is -0.136. The number of benzene rings is 3. The molecule has 0 radical (unpaired) electrons. The normalized spacial score (nSPS) is 10.8. The minimum absolute atomic E-state index is 0.136. The summed E-state index contributed by atoms with van der Waals surface area (Å²) in [4.78, 5) is 20.3. The van der Waals surface area contributed by atoms with Gasteiger partial charge in [-0.25, -0.2) is 4.98 Å².